The van der Waals surface area contributed by atoms with Crippen LogP contribution >= 0.6 is 11.6 Å². The second kappa shape index (κ2) is 8.34. The summed E-state index contributed by atoms with van der Waals surface area (Å²) in [4.78, 5) is 16.7. The second-order valence-corrected chi connectivity index (χ2v) is 8.52. The highest BCUT2D eigenvalue weighted by molar-refractivity contribution is 6.30. The number of aliphatic hydroxyl groups excluding tert-OH is 1. The average Bonchev–Trinajstić information content (AvgIpc) is 2.70. The monoisotopic (exact) mass is 413 g/mol. The predicted molar refractivity (Wildman–Crippen MR) is 115 cm³/mol. The third-order valence-electron chi connectivity index (χ3n) is 6.29. The van der Waals surface area contributed by atoms with E-state index in [1.165, 1.54) is 5.56 Å². The van der Waals surface area contributed by atoms with Crippen LogP contribution in [0.1, 0.15) is 30.4 Å². The fourth-order valence-electron chi connectivity index (χ4n) is 4.90. The number of carbonyl (C=O) groups is 1. The smallest absolute Gasteiger partial charge is 0.317 e. The summed E-state index contributed by atoms with van der Waals surface area (Å²) < 4.78 is 0. The predicted octanol–water partition coefficient (Wildman–Crippen LogP) is 3.47. The molecule has 0 aliphatic carbocycles. The van der Waals surface area contributed by atoms with Gasteiger partial charge in [-0.1, -0.05) is 61.0 Å². The number of urea groups is 1. The van der Waals surface area contributed by atoms with Gasteiger partial charge < -0.3 is 15.3 Å². The molecule has 2 aromatic rings. The minimum absolute atomic E-state index is 0.00294. The van der Waals surface area contributed by atoms with Crippen LogP contribution < -0.4 is 5.32 Å². The topological polar surface area (TPSA) is 55.8 Å². The van der Waals surface area contributed by atoms with Crippen LogP contribution in [0.25, 0.3) is 0 Å². The van der Waals surface area contributed by atoms with Gasteiger partial charge in [0.05, 0.1) is 12.1 Å². The molecule has 154 valence electrons. The Morgan fingerprint density at radius 1 is 1.17 bits per heavy atom. The lowest BCUT2D eigenvalue weighted by molar-refractivity contribution is -0.183. The first kappa shape index (κ1) is 20.2. The summed E-state index contributed by atoms with van der Waals surface area (Å²) >= 11 is 6.04. The number of likely N-dealkylation sites (tertiary alicyclic amines) is 2. The Hall–Kier alpha value is -2.08. The van der Waals surface area contributed by atoms with Gasteiger partial charge in [-0.05, 0) is 29.7 Å². The number of aliphatic hydroxyl groups is 1. The van der Waals surface area contributed by atoms with E-state index in [0.717, 1.165) is 23.6 Å². The molecule has 0 bridgehead atoms. The van der Waals surface area contributed by atoms with Gasteiger partial charge in [0.1, 0.15) is 0 Å². The molecule has 2 N–H and O–H groups in total. The Labute approximate surface area is 177 Å². The van der Waals surface area contributed by atoms with Crippen molar-refractivity contribution in [3.8, 4) is 0 Å². The van der Waals surface area contributed by atoms with Gasteiger partial charge in [-0.2, -0.15) is 0 Å². The van der Waals surface area contributed by atoms with Crippen LogP contribution in [-0.4, -0.2) is 58.8 Å². The second-order valence-electron chi connectivity index (χ2n) is 8.08. The molecule has 6 heteroatoms. The number of hydrogen-bond acceptors (Lipinski definition) is 3. The summed E-state index contributed by atoms with van der Waals surface area (Å²) in [6.45, 7) is 4.92. The van der Waals surface area contributed by atoms with Crippen LogP contribution in [0.5, 0.6) is 0 Å². The number of halogens is 1. The maximum atomic E-state index is 12.4. The molecule has 2 saturated heterocycles. The van der Waals surface area contributed by atoms with Gasteiger partial charge in [0.15, 0.2) is 0 Å². The Balaban J connectivity index is 1.58. The zero-order valence-corrected chi connectivity index (χ0v) is 17.5. The summed E-state index contributed by atoms with van der Waals surface area (Å²) in [7, 11) is 0. The van der Waals surface area contributed by atoms with Crippen molar-refractivity contribution in [2.45, 2.75) is 37.4 Å². The van der Waals surface area contributed by atoms with Gasteiger partial charge >= 0.3 is 6.03 Å². The molecule has 2 aliphatic heterocycles. The Morgan fingerprint density at radius 3 is 2.48 bits per heavy atom. The molecular formula is C23H28ClN3O2. The Kier molecular flexibility index (Phi) is 5.81. The van der Waals surface area contributed by atoms with Crippen LogP contribution in [0.4, 0.5) is 4.79 Å². The normalized spacial score (nSPS) is 22.8. The highest BCUT2D eigenvalue weighted by atomic mass is 35.5. The summed E-state index contributed by atoms with van der Waals surface area (Å²) in [5.41, 5.74) is 2.25. The Morgan fingerprint density at radius 2 is 1.86 bits per heavy atom. The number of benzene rings is 2. The molecule has 2 heterocycles. The number of nitrogens with one attached hydrogen (secondary N) is 1. The number of rotatable bonds is 6. The zero-order chi connectivity index (χ0) is 20.4. The van der Waals surface area contributed by atoms with Crippen LogP contribution in [0.2, 0.25) is 5.02 Å². The molecule has 2 aromatic carbocycles. The van der Waals surface area contributed by atoms with Crippen molar-refractivity contribution >= 4 is 17.6 Å². The van der Waals surface area contributed by atoms with Crippen molar-refractivity contribution in [3.63, 3.8) is 0 Å². The molecular weight excluding hydrogens is 386 g/mol. The maximum absolute atomic E-state index is 12.4. The molecule has 29 heavy (non-hydrogen) atoms. The summed E-state index contributed by atoms with van der Waals surface area (Å²) in [5, 5.41) is 13.9. The van der Waals surface area contributed by atoms with Crippen molar-refractivity contribution in [1.29, 1.82) is 0 Å². The fraction of sp³-hybridized carbons (Fsp3) is 0.435. The van der Waals surface area contributed by atoms with E-state index in [0.29, 0.717) is 19.6 Å². The van der Waals surface area contributed by atoms with E-state index in [2.05, 4.69) is 29.3 Å². The third-order valence-corrected chi connectivity index (χ3v) is 6.54. The molecule has 4 rings (SSSR count). The van der Waals surface area contributed by atoms with Crippen molar-refractivity contribution in [1.82, 2.24) is 15.1 Å². The first-order valence-corrected chi connectivity index (χ1v) is 10.7. The number of carbonyl (C=O) groups excluding carboxylic acids is 1. The van der Waals surface area contributed by atoms with Gasteiger partial charge in [-0.25, -0.2) is 4.79 Å². The van der Waals surface area contributed by atoms with Crippen LogP contribution in [0.15, 0.2) is 54.6 Å². The number of amides is 2. The van der Waals surface area contributed by atoms with Crippen molar-refractivity contribution in [2.24, 2.45) is 0 Å². The number of nitrogens with zero attached hydrogens (tertiary/aromatic N) is 2. The molecule has 0 radical (unpaired) electrons. The molecule has 0 saturated carbocycles. The lowest BCUT2D eigenvalue weighted by Gasteiger charge is -2.70. The van der Waals surface area contributed by atoms with Crippen molar-refractivity contribution in [3.05, 3.63) is 70.7 Å². The van der Waals surface area contributed by atoms with Crippen molar-refractivity contribution < 1.29 is 9.90 Å². The van der Waals surface area contributed by atoms with E-state index >= 15 is 0 Å². The molecule has 2 amide bonds. The van der Waals surface area contributed by atoms with E-state index in [4.69, 9.17) is 11.6 Å². The van der Waals surface area contributed by atoms with E-state index in [1.807, 2.05) is 47.4 Å². The zero-order valence-electron chi connectivity index (χ0n) is 16.7. The van der Waals surface area contributed by atoms with Crippen LogP contribution in [0, 0.1) is 0 Å². The Bertz CT molecular complexity index is 837. The van der Waals surface area contributed by atoms with Crippen LogP contribution in [0.3, 0.4) is 0 Å². The first-order chi connectivity index (χ1) is 14.1. The quantitative estimate of drug-likeness (QED) is 0.762. The minimum atomic E-state index is -0.141. The standard InChI is InChI=1S/C23H28ClN3O2/c1-2-12-25-22(29)26-15-23(16-26)21(18-6-4-3-5-7-18)20(14-28)27(23)13-17-8-10-19(24)11-9-17/h3-11,20-21,28H,2,12-16H2,1H3,(H,25,29)/t20-,21-/m1/s1. The molecule has 2 fully saturated rings. The van der Waals surface area contributed by atoms with Gasteiger partial charge in [0.25, 0.3) is 0 Å². The summed E-state index contributed by atoms with van der Waals surface area (Å²) in [6.07, 6.45) is 0.923. The van der Waals surface area contributed by atoms with Gasteiger partial charge in [0, 0.05) is 43.2 Å². The van der Waals surface area contributed by atoms with E-state index in [-0.39, 0.29) is 30.1 Å². The fourth-order valence-corrected chi connectivity index (χ4v) is 5.03. The van der Waals surface area contributed by atoms with Gasteiger partial charge in [-0.3, -0.25) is 4.90 Å². The number of hydrogen-bond donors (Lipinski definition) is 2. The van der Waals surface area contributed by atoms with E-state index in [1.54, 1.807) is 0 Å². The van der Waals surface area contributed by atoms with Crippen molar-refractivity contribution in [2.75, 3.05) is 26.2 Å². The molecule has 5 nitrogen and oxygen atoms in total. The molecule has 1 spiro atoms. The molecule has 2 atom stereocenters. The SMILES string of the molecule is CCCNC(=O)N1CC2(C1)[C@H](c1ccccc1)[C@@H](CO)N2Cc1ccc(Cl)cc1. The largest absolute Gasteiger partial charge is 0.395 e. The maximum Gasteiger partial charge on any atom is 0.317 e. The summed E-state index contributed by atoms with van der Waals surface area (Å²) in [5.74, 6) is 0.205. The van der Waals surface area contributed by atoms with E-state index < -0.39 is 0 Å². The molecule has 2 aliphatic rings. The lowest BCUT2D eigenvalue weighted by atomic mass is 9.60. The first-order valence-electron chi connectivity index (χ1n) is 10.3. The molecule has 0 aromatic heterocycles. The third kappa shape index (κ3) is 3.63. The van der Waals surface area contributed by atoms with Gasteiger partial charge in [0.2, 0.25) is 0 Å². The summed E-state index contributed by atoms with van der Waals surface area (Å²) in [6, 6.07) is 18.3. The van der Waals surface area contributed by atoms with Crippen LogP contribution in [-0.2, 0) is 6.54 Å². The van der Waals surface area contributed by atoms with Gasteiger partial charge in [-0.15, -0.1) is 0 Å². The highest BCUT2D eigenvalue weighted by Crippen LogP contribution is 2.54. The van der Waals surface area contributed by atoms with E-state index in [9.17, 15) is 9.90 Å². The minimum Gasteiger partial charge on any atom is -0.395 e. The molecule has 0 unspecified atom stereocenters. The average molecular weight is 414 g/mol. The lowest BCUT2D eigenvalue weighted by Crippen LogP contribution is -2.85. The highest BCUT2D eigenvalue weighted by Gasteiger charge is 2.66.